The van der Waals surface area contributed by atoms with Gasteiger partial charge in [-0.25, -0.2) is 9.67 Å². The number of nitrogens with one attached hydrogen (secondary N) is 1. The molecule has 4 rings (SSSR count). The first-order valence-corrected chi connectivity index (χ1v) is 10.8. The molecule has 10 heteroatoms. The van der Waals surface area contributed by atoms with Crippen molar-refractivity contribution >= 4 is 11.8 Å². The molecule has 2 amide bonds. The molecular weight excluding hydrogens is 423 g/mol. The Morgan fingerprint density at radius 2 is 1.94 bits per heavy atom. The summed E-state index contributed by atoms with van der Waals surface area (Å²) < 4.78 is 40.7. The highest BCUT2D eigenvalue weighted by Gasteiger charge is 2.45. The third kappa shape index (κ3) is 4.49. The largest absolute Gasteiger partial charge is 0.416 e. The topological polar surface area (TPSA) is 80.1 Å². The Labute approximate surface area is 184 Å². The average Bonchev–Trinajstić information content (AvgIpc) is 3.18. The van der Waals surface area contributed by atoms with Crippen molar-refractivity contribution in [3.05, 3.63) is 47.0 Å². The minimum atomic E-state index is -4.42. The Morgan fingerprint density at radius 1 is 1.22 bits per heavy atom. The minimum Gasteiger partial charge on any atom is -0.351 e. The quantitative estimate of drug-likeness (QED) is 0.777. The Hall–Kier alpha value is -2.91. The number of carbonyl (C=O) groups is 2. The van der Waals surface area contributed by atoms with Crippen molar-refractivity contribution in [2.75, 3.05) is 0 Å². The summed E-state index contributed by atoms with van der Waals surface area (Å²) >= 11 is 0. The maximum atomic E-state index is 13.4. The summed E-state index contributed by atoms with van der Waals surface area (Å²) in [4.78, 5) is 31.5. The van der Waals surface area contributed by atoms with Crippen LogP contribution < -0.4 is 5.32 Å². The summed E-state index contributed by atoms with van der Waals surface area (Å²) in [5.41, 5.74) is -0.0851. The second-order valence-electron chi connectivity index (χ2n) is 8.49. The first kappa shape index (κ1) is 22.3. The molecule has 0 aliphatic carbocycles. The number of fused-ring (bicyclic) bond motifs is 1. The molecule has 7 nitrogen and oxygen atoms in total. The Morgan fingerprint density at radius 3 is 2.56 bits per heavy atom. The van der Waals surface area contributed by atoms with Gasteiger partial charge in [0.25, 0.3) is 0 Å². The van der Waals surface area contributed by atoms with E-state index >= 15 is 0 Å². The highest BCUT2D eigenvalue weighted by Crippen LogP contribution is 2.40. The number of likely N-dealkylation sites (tertiary alicyclic amines) is 1. The standard InChI is InChI=1S/C22H26F3N5O2/c1-13-26-14(2)29(28-13)11-10-21(32)30-18-4-3-5-20(31)27-17(18)12-19(30)15-6-8-16(9-7-15)22(23,24)25/h6-9,17-19H,3-5,10-12H2,1-2H3,(H,27,31)/t17-,18+,19+/m0/s1. The fourth-order valence-electron chi connectivity index (χ4n) is 4.84. The molecule has 172 valence electrons. The van der Waals surface area contributed by atoms with Crippen LogP contribution in [-0.4, -0.2) is 43.6 Å². The molecule has 2 aliphatic rings. The predicted molar refractivity (Wildman–Crippen MR) is 109 cm³/mol. The van der Waals surface area contributed by atoms with Crippen molar-refractivity contribution in [2.24, 2.45) is 0 Å². The van der Waals surface area contributed by atoms with Crippen LogP contribution in [0, 0.1) is 13.8 Å². The first-order chi connectivity index (χ1) is 15.1. The lowest BCUT2D eigenvalue weighted by Crippen LogP contribution is -2.45. The Bertz CT molecular complexity index is 1000. The van der Waals surface area contributed by atoms with Gasteiger partial charge in [0.15, 0.2) is 0 Å². The summed E-state index contributed by atoms with van der Waals surface area (Å²) in [5, 5.41) is 7.30. The van der Waals surface area contributed by atoms with Crippen LogP contribution in [0.2, 0.25) is 0 Å². The van der Waals surface area contributed by atoms with E-state index in [2.05, 4.69) is 15.4 Å². The monoisotopic (exact) mass is 449 g/mol. The van der Waals surface area contributed by atoms with Gasteiger partial charge < -0.3 is 10.2 Å². The van der Waals surface area contributed by atoms with Crippen LogP contribution in [0.4, 0.5) is 13.2 Å². The van der Waals surface area contributed by atoms with E-state index < -0.39 is 17.8 Å². The zero-order valence-electron chi connectivity index (χ0n) is 18.0. The van der Waals surface area contributed by atoms with E-state index in [9.17, 15) is 22.8 Å². The van der Waals surface area contributed by atoms with Gasteiger partial charge in [-0.05, 0) is 50.8 Å². The molecule has 0 radical (unpaired) electrons. The van der Waals surface area contributed by atoms with Crippen LogP contribution in [0.5, 0.6) is 0 Å². The Kier molecular flexibility index (Phi) is 5.96. The number of alkyl halides is 3. The van der Waals surface area contributed by atoms with E-state index in [1.165, 1.54) is 12.1 Å². The first-order valence-electron chi connectivity index (χ1n) is 10.8. The van der Waals surface area contributed by atoms with E-state index in [1.807, 2.05) is 6.92 Å². The van der Waals surface area contributed by atoms with E-state index in [1.54, 1.807) is 16.5 Å². The summed E-state index contributed by atoms with van der Waals surface area (Å²) in [5.74, 6) is 1.19. The van der Waals surface area contributed by atoms with Gasteiger partial charge in [0, 0.05) is 12.8 Å². The zero-order chi connectivity index (χ0) is 23.0. The number of halogens is 3. The molecule has 1 aromatic carbocycles. The number of benzene rings is 1. The summed E-state index contributed by atoms with van der Waals surface area (Å²) in [7, 11) is 0. The summed E-state index contributed by atoms with van der Waals surface area (Å²) in [6.07, 6.45) is -1.99. The SMILES string of the molecule is Cc1nc(C)n(CCC(=O)N2[C@@H](c3ccc(C(F)(F)F)cc3)C[C@@H]3NC(=O)CCC[C@H]32)n1. The van der Waals surface area contributed by atoms with Crippen molar-refractivity contribution in [3.63, 3.8) is 0 Å². The van der Waals surface area contributed by atoms with Crippen molar-refractivity contribution in [1.82, 2.24) is 25.0 Å². The maximum absolute atomic E-state index is 13.4. The molecule has 0 unspecified atom stereocenters. The maximum Gasteiger partial charge on any atom is 0.416 e. The van der Waals surface area contributed by atoms with Crippen LogP contribution in [0.15, 0.2) is 24.3 Å². The fraction of sp³-hybridized carbons (Fsp3) is 0.545. The second-order valence-corrected chi connectivity index (χ2v) is 8.49. The minimum absolute atomic E-state index is 0.0494. The number of carbonyl (C=O) groups excluding carboxylic acids is 2. The molecule has 3 atom stereocenters. The fourth-order valence-corrected chi connectivity index (χ4v) is 4.84. The van der Waals surface area contributed by atoms with Gasteiger partial charge in [-0.1, -0.05) is 12.1 Å². The second kappa shape index (κ2) is 8.55. The normalized spacial score (nSPS) is 23.6. The van der Waals surface area contributed by atoms with Crippen LogP contribution in [0.25, 0.3) is 0 Å². The molecule has 1 aromatic heterocycles. The number of hydrogen-bond donors (Lipinski definition) is 1. The van der Waals surface area contributed by atoms with E-state index in [0.29, 0.717) is 43.6 Å². The van der Waals surface area contributed by atoms with Crippen molar-refractivity contribution in [1.29, 1.82) is 0 Å². The predicted octanol–water partition coefficient (Wildman–Crippen LogP) is 3.31. The molecule has 0 bridgehead atoms. The highest BCUT2D eigenvalue weighted by molar-refractivity contribution is 5.79. The van der Waals surface area contributed by atoms with E-state index in [-0.39, 0.29) is 30.3 Å². The molecule has 2 aromatic rings. The van der Waals surface area contributed by atoms with Crippen LogP contribution in [0.3, 0.4) is 0 Å². The molecule has 2 aliphatic heterocycles. The molecule has 1 N–H and O–H groups in total. The van der Waals surface area contributed by atoms with E-state index in [0.717, 1.165) is 18.0 Å². The molecule has 2 saturated heterocycles. The number of nitrogens with zero attached hydrogens (tertiary/aromatic N) is 4. The van der Waals surface area contributed by atoms with Gasteiger partial charge in [0.05, 0.1) is 30.2 Å². The van der Waals surface area contributed by atoms with Crippen molar-refractivity contribution in [2.45, 2.75) is 76.8 Å². The van der Waals surface area contributed by atoms with Gasteiger partial charge in [-0.2, -0.15) is 18.3 Å². The number of aromatic nitrogens is 3. The molecular formula is C22H26F3N5O2. The number of amides is 2. The van der Waals surface area contributed by atoms with Gasteiger partial charge in [0.1, 0.15) is 11.6 Å². The van der Waals surface area contributed by atoms with Crippen LogP contribution >= 0.6 is 0 Å². The van der Waals surface area contributed by atoms with Gasteiger partial charge >= 0.3 is 6.18 Å². The van der Waals surface area contributed by atoms with E-state index in [4.69, 9.17) is 0 Å². The number of aryl methyl sites for hydroxylation is 3. The Balaban J connectivity index is 1.59. The van der Waals surface area contributed by atoms with Crippen molar-refractivity contribution < 1.29 is 22.8 Å². The van der Waals surface area contributed by atoms with Gasteiger partial charge in [-0.3, -0.25) is 9.59 Å². The van der Waals surface area contributed by atoms with Crippen LogP contribution in [0.1, 0.15) is 60.9 Å². The van der Waals surface area contributed by atoms with Gasteiger partial charge in [-0.15, -0.1) is 0 Å². The summed E-state index contributed by atoms with van der Waals surface area (Å²) in [6.45, 7) is 3.97. The lowest BCUT2D eigenvalue weighted by Gasteiger charge is -2.31. The highest BCUT2D eigenvalue weighted by atomic mass is 19.4. The number of hydrogen-bond acceptors (Lipinski definition) is 4. The molecule has 3 heterocycles. The average molecular weight is 449 g/mol. The third-order valence-corrected chi connectivity index (χ3v) is 6.30. The molecule has 0 spiro atoms. The molecule has 2 fully saturated rings. The van der Waals surface area contributed by atoms with Gasteiger partial charge in [0.2, 0.25) is 11.8 Å². The molecule has 0 saturated carbocycles. The van der Waals surface area contributed by atoms with Crippen LogP contribution in [-0.2, 0) is 22.3 Å². The molecule has 32 heavy (non-hydrogen) atoms. The van der Waals surface area contributed by atoms with Crippen molar-refractivity contribution in [3.8, 4) is 0 Å². The smallest absolute Gasteiger partial charge is 0.351 e. The summed E-state index contributed by atoms with van der Waals surface area (Å²) in [6, 6.07) is 4.18. The third-order valence-electron chi connectivity index (χ3n) is 6.30. The lowest BCUT2D eigenvalue weighted by molar-refractivity contribution is -0.138. The zero-order valence-corrected chi connectivity index (χ0v) is 18.0. The lowest BCUT2D eigenvalue weighted by atomic mass is 10.0. The number of rotatable bonds is 4.